The summed E-state index contributed by atoms with van der Waals surface area (Å²) in [6, 6.07) is 6.50. The van der Waals surface area contributed by atoms with Crippen LogP contribution in [0.4, 0.5) is 5.69 Å². The molecule has 0 aliphatic rings. The van der Waals surface area contributed by atoms with Crippen LogP contribution in [0, 0.1) is 0 Å². The molecule has 0 saturated heterocycles. The number of nitrogens with one attached hydrogen (secondary N) is 1. The molecule has 0 aliphatic heterocycles. The van der Waals surface area contributed by atoms with Crippen LogP contribution in [-0.2, 0) is 0 Å². The Balaban J connectivity index is 2.06. The lowest BCUT2D eigenvalue weighted by Gasteiger charge is -2.09. The molecule has 0 aliphatic carbocycles. The average molecular weight is 312 g/mol. The molecule has 0 radical (unpaired) electrons. The predicted octanol–water partition coefficient (Wildman–Crippen LogP) is 4.15. The number of carbonyl (C=O) groups excluding carboxylic acids is 1. The van der Waals surface area contributed by atoms with Crippen molar-refractivity contribution in [3.63, 3.8) is 0 Å². The maximum Gasteiger partial charge on any atom is 0.265 e. The number of anilines is 1. The molecule has 6 heteroatoms. The van der Waals surface area contributed by atoms with E-state index in [-0.39, 0.29) is 11.7 Å². The highest BCUT2D eigenvalue weighted by Crippen LogP contribution is 2.28. The third-order valence-electron chi connectivity index (χ3n) is 2.46. The first-order valence-corrected chi connectivity index (χ1v) is 7.37. The predicted molar refractivity (Wildman–Crippen MR) is 81.2 cm³/mol. The second-order valence-electron chi connectivity index (χ2n) is 4.12. The zero-order chi connectivity index (χ0) is 14.5. The fourth-order valence-corrected chi connectivity index (χ4v) is 2.44. The van der Waals surface area contributed by atoms with Gasteiger partial charge in [0.1, 0.15) is 11.5 Å². The van der Waals surface area contributed by atoms with Crippen molar-refractivity contribution in [2.45, 2.75) is 13.3 Å². The van der Waals surface area contributed by atoms with Crippen molar-refractivity contribution in [2.75, 3.05) is 11.9 Å². The molecule has 1 aromatic heterocycles. The number of ether oxygens (including phenoxy) is 1. The van der Waals surface area contributed by atoms with Gasteiger partial charge < -0.3 is 15.2 Å². The topological polar surface area (TPSA) is 58.6 Å². The zero-order valence-electron chi connectivity index (χ0n) is 10.9. The summed E-state index contributed by atoms with van der Waals surface area (Å²) in [5, 5.41) is 13.9. The SMILES string of the molecule is CCCOc1ccc(NC(=O)c2cc(O)cs2)cc1Cl. The number of amides is 1. The van der Waals surface area contributed by atoms with E-state index in [0.717, 1.165) is 6.42 Å². The smallest absolute Gasteiger partial charge is 0.265 e. The van der Waals surface area contributed by atoms with Crippen molar-refractivity contribution in [3.8, 4) is 11.5 Å². The van der Waals surface area contributed by atoms with Gasteiger partial charge >= 0.3 is 0 Å². The number of carbonyl (C=O) groups is 1. The number of rotatable bonds is 5. The minimum absolute atomic E-state index is 0.0847. The van der Waals surface area contributed by atoms with Gasteiger partial charge in [-0.1, -0.05) is 18.5 Å². The fraction of sp³-hybridized carbons (Fsp3) is 0.214. The monoisotopic (exact) mass is 311 g/mol. The van der Waals surface area contributed by atoms with Crippen LogP contribution in [0.1, 0.15) is 23.0 Å². The number of hydrogen-bond donors (Lipinski definition) is 2. The Bertz CT molecular complexity index is 612. The lowest BCUT2D eigenvalue weighted by Crippen LogP contribution is -2.10. The highest BCUT2D eigenvalue weighted by Gasteiger charge is 2.10. The van der Waals surface area contributed by atoms with Crippen molar-refractivity contribution < 1.29 is 14.6 Å². The molecule has 0 unspecified atom stereocenters. The summed E-state index contributed by atoms with van der Waals surface area (Å²) < 4.78 is 5.46. The Labute approximate surface area is 126 Å². The number of aromatic hydroxyl groups is 1. The number of halogens is 1. The lowest BCUT2D eigenvalue weighted by atomic mass is 10.3. The van der Waals surface area contributed by atoms with Gasteiger partial charge in [-0.3, -0.25) is 4.79 Å². The van der Waals surface area contributed by atoms with Gasteiger partial charge in [0.25, 0.3) is 5.91 Å². The van der Waals surface area contributed by atoms with Gasteiger partial charge in [-0.2, -0.15) is 0 Å². The van der Waals surface area contributed by atoms with Crippen LogP contribution in [-0.4, -0.2) is 17.6 Å². The largest absolute Gasteiger partial charge is 0.507 e. The summed E-state index contributed by atoms with van der Waals surface area (Å²) in [5.74, 6) is 0.398. The number of benzene rings is 1. The maximum absolute atomic E-state index is 11.9. The van der Waals surface area contributed by atoms with E-state index in [1.165, 1.54) is 22.8 Å². The molecule has 4 nitrogen and oxygen atoms in total. The Hall–Kier alpha value is -1.72. The van der Waals surface area contributed by atoms with Crippen LogP contribution in [0.2, 0.25) is 5.02 Å². The molecule has 106 valence electrons. The third-order valence-corrected chi connectivity index (χ3v) is 3.67. The molecule has 20 heavy (non-hydrogen) atoms. The summed E-state index contributed by atoms with van der Waals surface area (Å²) >= 11 is 7.26. The Morgan fingerprint density at radius 1 is 1.45 bits per heavy atom. The van der Waals surface area contributed by atoms with Gasteiger partial charge in [-0.05, 0) is 24.6 Å². The highest BCUT2D eigenvalue weighted by molar-refractivity contribution is 7.12. The van der Waals surface area contributed by atoms with Crippen LogP contribution in [0.5, 0.6) is 11.5 Å². The minimum atomic E-state index is -0.284. The lowest BCUT2D eigenvalue weighted by molar-refractivity contribution is 0.103. The molecular weight excluding hydrogens is 298 g/mol. The van der Waals surface area contributed by atoms with Crippen LogP contribution in [0.15, 0.2) is 29.6 Å². The van der Waals surface area contributed by atoms with Crippen molar-refractivity contribution in [1.82, 2.24) is 0 Å². The summed E-state index contributed by atoms with van der Waals surface area (Å²) in [6.07, 6.45) is 0.899. The van der Waals surface area contributed by atoms with Crippen molar-refractivity contribution in [3.05, 3.63) is 39.5 Å². The summed E-state index contributed by atoms with van der Waals surface area (Å²) in [6.45, 7) is 2.61. The average Bonchev–Trinajstić information content (AvgIpc) is 2.85. The van der Waals surface area contributed by atoms with Gasteiger partial charge in [-0.15, -0.1) is 11.3 Å². The first-order chi connectivity index (χ1) is 9.60. The number of thiophene rings is 1. The van der Waals surface area contributed by atoms with Gasteiger partial charge in [0.2, 0.25) is 0 Å². The molecular formula is C14H14ClNO3S. The first kappa shape index (κ1) is 14.7. The van der Waals surface area contributed by atoms with Crippen LogP contribution in [0.3, 0.4) is 0 Å². The van der Waals surface area contributed by atoms with Crippen LogP contribution >= 0.6 is 22.9 Å². The standard InChI is InChI=1S/C14H14ClNO3S/c1-2-5-19-12-4-3-9(6-11(12)15)16-14(18)13-7-10(17)8-20-13/h3-4,6-8,17H,2,5H2,1H3,(H,16,18). The van der Waals surface area contributed by atoms with E-state index in [9.17, 15) is 9.90 Å². The molecule has 1 heterocycles. The van der Waals surface area contributed by atoms with Crippen LogP contribution < -0.4 is 10.1 Å². The molecule has 2 rings (SSSR count). The van der Waals surface area contributed by atoms with E-state index in [1.54, 1.807) is 18.2 Å². The van der Waals surface area contributed by atoms with Crippen LogP contribution in [0.25, 0.3) is 0 Å². The summed E-state index contributed by atoms with van der Waals surface area (Å²) in [5.41, 5.74) is 0.580. The Morgan fingerprint density at radius 3 is 2.85 bits per heavy atom. The third kappa shape index (κ3) is 3.65. The van der Waals surface area contributed by atoms with Gasteiger partial charge in [0.15, 0.2) is 0 Å². The Morgan fingerprint density at radius 2 is 2.25 bits per heavy atom. The van der Waals surface area contributed by atoms with Crippen molar-refractivity contribution in [2.24, 2.45) is 0 Å². The molecule has 1 aromatic carbocycles. The van der Waals surface area contributed by atoms with E-state index >= 15 is 0 Å². The molecule has 2 aromatic rings. The molecule has 0 atom stereocenters. The minimum Gasteiger partial charge on any atom is -0.507 e. The molecule has 1 amide bonds. The fourth-order valence-electron chi connectivity index (χ4n) is 1.55. The van der Waals surface area contributed by atoms with Crippen molar-refractivity contribution in [1.29, 1.82) is 0 Å². The second kappa shape index (κ2) is 6.63. The first-order valence-electron chi connectivity index (χ1n) is 6.11. The van der Waals surface area contributed by atoms with Gasteiger partial charge in [0, 0.05) is 17.1 Å². The summed E-state index contributed by atoms with van der Waals surface area (Å²) in [7, 11) is 0. The normalized spacial score (nSPS) is 10.3. The Kier molecular flexibility index (Phi) is 4.87. The van der Waals surface area contributed by atoms with E-state index in [0.29, 0.717) is 27.9 Å². The van der Waals surface area contributed by atoms with Gasteiger partial charge in [0.05, 0.1) is 16.5 Å². The van der Waals surface area contributed by atoms with E-state index < -0.39 is 0 Å². The van der Waals surface area contributed by atoms with E-state index in [2.05, 4.69) is 5.32 Å². The zero-order valence-corrected chi connectivity index (χ0v) is 12.4. The maximum atomic E-state index is 11.9. The highest BCUT2D eigenvalue weighted by atomic mass is 35.5. The summed E-state index contributed by atoms with van der Waals surface area (Å²) in [4.78, 5) is 12.3. The molecule has 2 N–H and O–H groups in total. The quantitative estimate of drug-likeness (QED) is 0.872. The second-order valence-corrected chi connectivity index (χ2v) is 5.44. The van der Waals surface area contributed by atoms with Crippen molar-refractivity contribution >= 4 is 34.5 Å². The van der Waals surface area contributed by atoms with E-state index in [4.69, 9.17) is 16.3 Å². The molecule has 0 spiro atoms. The molecule has 0 fully saturated rings. The number of hydrogen-bond acceptors (Lipinski definition) is 4. The van der Waals surface area contributed by atoms with Gasteiger partial charge in [-0.25, -0.2) is 0 Å². The molecule has 0 saturated carbocycles. The molecule has 0 bridgehead atoms. The van der Waals surface area contributed by atoms with E-state index in [1.807, 2.05) is 6.92 Å².